The minimum absolute atomic E-state index is 0.581. The van der Waals surface area contributed by atoms with E-state index in [4.69, 9.17) is 0 Å². The van der Waals surface area contributed by atoms with E-state index in [1.54, 1.807) is 0 Å². The molecular formula is C30H62. The molecule has 0 radical (unpaired) electrons. The standard InChI is InChI=1S/C30H62/c1-5-7-9-11-13-15-17-19-21-23-25-27-29-30(3,4)28-26-24-22-20-18-16-14-12-10-8-6-2/h5-29H2,1-4H3. The van der Waals surface area contributed by atoms with Gasteiger partial charge in [-0.15, -0.1) is 0 Å². The van der Waals surface area contributed by atoms with Crippen LogP contribution in [0.2, 0.25) is 0 Å². The third kappa shape index (κ3) is 24.3. The van der Waals surface area contributed by atoms with E-state index in [1.807, 2.05) is 0 Å². The van der Waals surface area contributed by atoms with Gasteiger partial charge in [0.2, 0.25) is 0 Å². The maximum Gasteiger partial charge on any atom is -0.0354 e. The van der Waals surface area contributed by atoms with Crippen LogP contribution in [0.5, 0.6) is 0 Å². The van der Waals surface area contributed by atoms with Crippen molar-refractivity contribution < 1.29 is 0 Å². The van der Waals surface area contributed by atoms with Gasteiger partial charge < -0.3 is 0 Å². The molecule has 0 aliphatic carbocycles. The molecule has 0 atom stereocenters. The second-order valence-corrected chi connectivity index (χ2v) is 11.1. The summed E-state index contributed by atoms with van der Waals surface area (Å²) in [5.74, 6) is 0. The van der Waals surface area contributed by atoms with Crippen molar-refractivity contribution in [2.24, 2.45) is 5.41 Å². The van der Waals surface area contributed by atoms with Gasteiger partial charge in [0.05, 0.1) is 0 Å². The van der Waals surface area contributed by atoms with Gasteiger partial charge in [-0.05, 0) is 18.3 Å². The fourth-order valence-corrected chi connectivity index (χ4v) is 4.84. The van der Waals surface area contributed by atoms with Crippen LogP contribution in [0.4, 0.5) is 0 Å². The molecule has 0 aliphatic heterocycles. The Kier molecular flexibility index (Phi) is 23.7. The molecule has 0 N–H and O–H groups in total. The molecule has 0 saturated carbocycles. The van der Waals surface area contributed by atoms with Gasteiger partial charge in [-0.2, -0.15) is 0 Å². The molecule has 182 valence electrons. The molecule has 0 spiro atoms. The maximum atomic E-state index is 2.52. The highest BCUT2D eigenvalue weighted by atomic mass is 14.2. The van der Waals surface area contributed by atoms with Crippen molar-refractivity contribution >= 4 is 0 Å². The predicted molar refractivity (Wildman–Crippen MR) is 141 cm³/mol. The van der Waals surface area contributed by atoms with E-state index >= 15 is 0 Å². The van der Waals surface area contributed by atoms with Gasteiger partial charge in [0.25, 0.3) is 0 Å². The molecule has 30 heavy (non-hydrogen) atoms. The van der Waals surface area contributed by atoms with Crippen molar-refractivity contribution in [1.29, 1.82) is 0 Å². The van der Waals surface area contributed by atoms with E-state index in [2.05, 4.69) is 27.7 Å². The molecule has 0 saturated heterocycles. The third-order valence-electron chi connectivity index (χ3n) is 7.16. The predicted octanol–water partition coefficient (Wildman–Crippen LogP) is 11.8. The monoisotopic (exact) mass is 422 g/mol. The summed E-state index contributed by atoms with van der Waals surface area (Å²) in [6.07, 6.45) is 36.5. The Morgan fingerprint density at radius 2 is 0.500 bits per heavy atom. The molecule has 0 amide bonds. The van der Waals surface area contributed by atoms with E-state index in [9.17, 15) is 0 Å². The first kappa shape index (κ1) is 30.0. The van der Waals surface area contributed by atoms with Crippen LogP contribution in [0, 0.1) is 5.41 Å². The molecule has 0 unspecified atom stereocenters. The smallest absolute Gasteiger partial charge is 0.0354 e. The largest absolute Gasteiger partial charge is 0.0654 e. The average Bonchev–Trinajstić information content (AvgIpc) is 2.72. The van der Waals surface area contributed by atoms with E-state index in [0.29, 0.717) is 5.41 Å². The number of hydrogen-bond donors (Lipinski definition) is 0. The van der Waals surface area contributed by atoms with Crippen molar-refractivity contribution in [2.45, 2.75) is 188 Å². The summed E-state index contributed by atoms with van der Waals surface area (Å²) in [4.78, 5) is 0. The zero-order valence-electron chi connectivity index (χ0n) is 22.2. The molecule has 0 rings (SSSR count). The number of hydrogen-bond acceptors (Lipinski definition) is 0. The zero-order valence-corrected chi connectivity index (χ0v) is 22.2. The summed E-state index contributed by atoms with van der Waals surface area (Å²) in [5.41, 5.74) is 0.581. The Morgan fingerprint density at radius 3 is 0.733 bits per heavy atom. The number of unbranched alkanes of at least 4 members (excludes halogenated alkanes) is 21. The summed E-state index contributed by atoms with van der Waals surface area (Å²) in [6.45, 7) is 9.64. The van der Waals surface area contributed by atoms with Gasteiger partial charge in [-0.1, -0.05) is 175 Å². The first-order valence-corrected chi connectivity index (χ1v) is 14.6. The van der Waals surface area contributed by atoms with Gasteiger partial charge in [0.1, 0.15) is 0 Å². The van der Waals surface area contributed by atoms with Gasteiger partial charge in [0.15, 0.2) is 0 Å². The molecule has 0 heterocycles. The quantitative estimate of drug-likeness (QED) is 0.128. The minimum Gasteiger partial charge on any atom is -0.0654 e. The first-order chi connectivity index (χ1) is 14.6. The van der Waals surface area contributed by atoms with Crippen molar-refractivity contribution in [3.63, 3.8) is 0 Å². The highest BCUT2D eigenvalue weighted by molar-refractivity contribution is 4.69. The van der Waals surface area contributed by atoms with E-state index in [-0.39, 0.29) is 0 Å². The van der Waals surface area contributed by atoms with Crippen LogP contribution in [0.25, 0.3) is 0 Å². The minimum atomic E-state index is 0.581. The fourth-order valence-electron chi connectivity index (χ4n) is 4.84. The van der Waals surface area contributed by atoms with Crippen LogP contribution in [0.15, 0.2) is 0 Å². The van der Waals surface area contributed by atoms with Crippen molar-refractivity contribution in [3.8, 4) is 0 Å². The van der Waals surface area contributed by atoms with Crippen LogP contribution < -0.4 is 0 Å². The second-order valence-electron chi connectivity index (χ2n) is 11.1. The molecule has 0 aromatic carbocycles. The first-order valence-electron chi connectivity index (χ1n) is 14.6. The Hall–Kier alpha value is 0. The molecule has 0 fully saturated rings. The lowest BCUT2D eigenvalue weighted by Crippen LogP contribution is -2.11. The lowest BCUT2D eigenvalue weighted by molar-refractivity contribution is 0.282. The van der Waals surface area contributed by atoms with Crippen LogP contribution in [0.3, 0.4) is 0 Å². The van der Waals surface area contributed by atoms with Crippen molar-refractivity contribution in [2.75, 3.05) is 0 Å². The highest BCUT2D eigenvalue weighted by Crippen LogP contribution is 2.30. The van der Waals surface area contributed by atoms with Crippen molar-refractivity contribution in [1.82, 2.24) is 0 Å². The van der Waals surface area contributed by atoms with Gasteiger partial charge in [0, 0.05) is 0 Å². The third-order valence-corrected chi connectivity index (χ3v) is 7.16. The van der Waals surface area contributed by atoms with Gasteiger partial charge in [-0.25, -0.2) is 0 Å². The SMILES string of the molecule is CCCCCCCCCCCCCCC(C)(C)CCCCCCCCCCCCC. The fraction of sp³-hybridized carbons (Fsp3) is 1.00. The molecular weight excluding hydrogens is 360 g/mol. The summed E-state index contributed by atoms with van der Waals surface area (Å²) in [7, 11) is 0. The maximum absolute atomic E-state index is 2.52. The molecule has 0 nitrogen and oxygen atoms in total. The molecule has 0 bridgehead atoms. The Labute approximate surface area is 193 Å². The van der Waals surface area contributed by atoms with E-state index in [0.717, 1.165) is 0 Å². The second kappa shape index (κ2) is 23.7. The normalized spacial score (nSPS) is 12.0. The summed E-state index contributed by atoms with van der Waals surface area (Å²) in [5, 5.41) is 0. The Balaban J connectivity index is 3.29. The van der Waals surface area contributed by atoms with Gasteiger partial charge in [-0.3, -0.25) is 0 Å². The molecule has 0 aliphatic rings. The Morgan fingerprint density at radius 1 is 0.300 bits per heavy atom. The Bertz CT molecular complexity index is 303. The lowest BCUT2D eigenvalue weighted by Gasteiger charge is -2.24. The summed E-state index contributed by atoms with van der Waals surface area (Å²) >= 11 is 0. The van der Waals surface area contributed by atoms with Crippen LogP contribution in [-0.2, 0) is 0 Å². The van der Waals surface area contributed by atoms with Crippen LogP contribution in [-0.4, -0.2) is 0 Å². The van der Waals surface area contributed by atoms with Crippen LogP contribution >= 0.6 is 0 Å². The van der Waals surface area contributed by atoms with E-state index < -0.39 is 0 Å². The summed E-state index contributed by atoms with van der Waals surface area (Å²) in [6, 6.07) is 0. The van der Waals surface area contributed by atoms with Gasteiger partial charge >= 0.3 is 0 Å². The highest BCUT2D eigenvalue weighted by Gasteiger charge is 2.16. The molecule has 0 aromatic heterocycles. The molecule has 0 aromatic rings. The number of rotatable bonds is 25. The van der Waals surface area contributed by atoms with Crippen molar-refractivity contribution in [3.05, 3.63) is 0 Å². The summed E-state index contributed by atoms with van der Waals surface area (Å²) < 4.78 is 0. The zero-order chi connectivity index (χ0) is 22.2. The average molecular weight is 423 g/mol. The van der Waals surface area contributed by atoms with Crippen LogP contribution in [0.1, 0.15) is 188 Å². The topological polar surface area (TPSA) is 0 Å². The van der Waals surface area contributed by atoms with E-state index in [1.165, 1.54) is 161 Å². The molecule has 0 heteroatoms. The lowest BCUT2D eigenvalue weighted by atomic mass is 9.81.